The Kier molecular flexibility index (Phi) is 7.53. The number of hydrogen-bond donors (Lipinski definition) is 1. The van der Waals surface area contributed by atoms with Crippen LogP contribution in [-0.2, 0) is 4.79 Å². The van der Waals surface area contributed by atoms with E-state index in [-0.39, 0.29) is 29.2 Å². The first-order valence-electron chi connectivity index (χ1n) is 9.14. The largest absolute Gasteiger partial charge is 0.434 e. The molecule has 0 bridgehead atoms. The van der Waals surface area contributed by atoms with Crippen molar-refractivity contribution in [3.63, 3.8) is 0 Å². The fourth-order valence-corrected chi connectivity index (χ4v) is 2.94. The molecule has 2 rings (SSSR count). The highest BCUT2D eigenvalue weighted by atomic mass is 19.3. The van der Waals surface area contributed by atoms with Crippen LogP contribution in [0.3, 0.4) is 0 Å². The van der Waals surface area contributed by atoms with Crippen LogP contribution in [0.4, 0.5) is 8.78 Å². The first kappa shape index (κ1) is 21.1. The minimum atomic E-state index is -2.99. The van der Waals surface area contributed by atoms with E-state index in [1.54, 1.807) is 17.0 Å². The zero-order valence-electron chi connectivity index (χ0n) is 16.0. The highest BCUT2D eigenvalue weighted by Crippen LogP contribution is 2.22. The van der Waals surface area contributed by atoms with Crippen molar-refractivity contribution < 1.29 is 23.1 Å². The fraction of sp³-hybridized carbons (Fsp3) is 0.579. The summed E-state index contributed by atoms with van der Waals surface area (Å²) in [5, 5.41) is 2.92. The van der Waals surface area contributed by atoms with Crippen molar-refractivity contribution in [3.8, 4) is 5.75 Å². The Morgan fingerprint density at radius 1 is 1.11 bits per heavy atom. The van der Waals surface area contributed by atoms with Gasteiger partial charge in [0.15, 0.2) is 0 Å². The SMILES string of the molecule is CC(C)CNC(=O)[C@H](C)N1CCN(C(=O)c2ccccc2OC(F)F)CC1. The number of ether oxygens (including phenoxy) is 1. The summed E-state index contributed by atoms with van der Waals surface area (Å²) in [6, 6.07) is 5.72. The minimum Gasteiger partial charge on any atom is -0.434 e. The van der Waals surface area contributed by atoms with Crippen LogP contribution in [0, 0.1) is 5.92 Å². The molecule has 0 aromatic heterocycles. The predicted octanol–water partition coefficient (Wildman–Crippen LogP) is 2.21. The number of nitrogens with zero attached hydrogens (tertiary/aromatic N) is 2. The second-order valence-electron chi connectivity index (χ2n) is 7.02. The van der Waals surface area contributed by atoms with Crippen molar-refractivity contribution in [3.05, 3.63) is 29.8 Å². The molecule has 0 aliphatic carbocycles. The number of para-hydroxylation sites is 1. The van der Waals surface area contributed by atoms with Crippen LogP contribution in [0.1, 0.15) is 31.1 Å². The highest BCUT2D eigenvalue weighted by molar-refractivity contribution is 5.97. The summed E-state index contributed by atoms with van der Waals surface area (Å²) in [6.45, 7) is 5.48. The van der Waals surface area contributed by atoms with E-state index in [1.165, 1.54) is 12.1 Å². The molecule has 1 heterocycles. The molecule has 1 N–H and O–H groups in total. The van der Waals surface area contributed by atoms with Crippen molar-refractivity contribution >= 4 is 11.8 Å². The number of amides is 2. The molecule has 6 nitrogen and oxygen atoms in total. The number of piperazine rings is 1. The summed E-state index contributed by atoms with van der Waals surface area (Å²) in [5.41, 5.74) is 0.119. The normalized spacial score (nSPS) is 16.5. The van der Waals surface area contributed by atoms with Gasteiger partial charge in [-0.1, -0.05) is 26.0 Å². The van der Waals surface area contributed by atoms with Crippen molar-refractivity contribution in [1.29, 1.82) is 0 Å². The summed E-state index contributed by atoms with van der Waals surface area (Å²) in [4.78, 5) is 28.5. The maximum absolute atomic E-state index is 12.7. The molecule has 1 aromatic carbocycles. The van der Waals surface area contributed by atoms with Crippen molar-refractivity contribution in [2.75, 3.05) is 32.7 Å². The number of hydrogen-bond acceptors (Lipinski definition) is 4. The molecule has 150 valence electrons. The third-order valence-electron chi connectivity index (χ3n) is 4.55. The van der Waals surface area contributed by atoms with Crippen molar-refractivity contribution in [2.45, 2.75) is 33.4 Å². The van der Waals surface area contributed by atoms with E-state index in [0.717, 1.165) is 0 Å². The third kappa shape index (κ3) is 5.89. The monoisotopic (exact) mass is 383 g/mol. The lowest BCUT2D eigenvalue weighted by atomic mass is 10.1. The van der Waals surface area contributed by atoms with E-state index < -0.39 is 6.61 Å². The fourth-order valence-electron chi connectivity index (χ4n) is 2.94. The Hall–Kier alpha value is -2.22. The Bertz CT molecular complexity index is 647. The maximum atomic E-state index is 12.7. The quantitative estimate of drug-likeness (QED) is 0.784. The van der Waals surface area contributed by atoms with Crippen LogP contribution >= 0.6 is 0 Å². The number of carbonyl (C=O) groups is 2. The van der Waals surface area contributed by atoms with Gasteiger partial charge < -0.3 is 15.0 Å². The lowest BCUT2D eigenvalue weighted by Gasteiger charge is -2.37. The van der Waals surface area contributed by atoms with Gasteiger partial charge in [0, 0.05) is 32.7 Å². The average molecular weight is 383 g/mol. The predicted molar refractivity (Wildman–Crippen MR) is 97.9 cm³/mol. The van der Waals surface area contributed by atoms with E-state index in [2.05, 4.69) is 10.1 Å². The molecular weight excluding hydrogens is 356 g/mol. The number of alkyl halides is 2. The smallest absolute Gasteiger partial charge is 0.387 e. The van der Waals surface area contributed by atoms with E-state index in [4.69, 9.17) is 0 Å². The van der Waals surface area contributed by atoms with Crippen molar-refractivity contribution in [2.24, 2.45) is 5.92 Å². The summed E-state index contributed by atoms with van der Waals surface area (Å²) < 4.78 is 29.5. The van der Waals surface area contributed by atoms with Crippen molar-refractivity contribution in [1.82, 2.24) is 15.1 Å². The first-order chi connectivity index (χ1) is 12.8. The number of carbonyl (C=O) groups excluding carboxylic acids is 2. The summed E-state index contributed by atoms with van der Waals surface area (Å²) in [5.74, 6) is -0.116. The van der Waals surface area contributed by atoms with Crippen LogP contribution in [0.5, 0.6) is 5.75 Å². The third-order valence-corrected chi connectivity index (χ3v) is 4.55. The Morgan fingerprint density at radius 2 is 1.74 bits per heavy atom. The van der Waals surface area contributed by atoms with E-state index in [9.17, 15) is 18.4 Å². The second kappa shape index (κ2) is 9.64. The van der Waals surface area contributed by atoms with Gasteiger partial charge in [-0.25, -0.2) is 0 Å². The van der Waals surface area contributed by atoms with Gasteiger partial charge in [0.2, 0.25) is 5.91 Å². The van der Waals surface area contributed by atoms with E-state index in [1.807, 2.05) is 25.7 Å². The Labute approximate surface area is 158 Å². The number of halogens is 2. The first-order valence-corrected chi connectivity index (χ1v) is 9.14. The number of benzene rings is 1. The maximum Gasteiger partial charge on any atom is 0.387 e. The summed E-state index contributed by atoms with van der Waals surface area (Å²) in [7, 11) is 0. The zero-order chi connectivity index (χ0) is 20.0. The van der Waals surface area contributed by atoms with Gasteiger partial charge in [0.25, 0.3) is 5.91 Å². The molecule has 1 aromatic rings. The van der Waals surface area contributed by atoms with Gasteiger partial charge in [0.05, 0.1) is 11.6 Å². The highest BCUT2D eigenvalue weighted by Gasteiger charge is 2.29. The second-order valence-corrected chi connectivity index (χ2v) is 7.02. The van der Waals surface area contributed by atoms with Gasteiger partial charge in [-0.05, 0) is 25.0 Å². The molecule has 0 saturated carbocycles. The van der Waals surface area contributed by atoms with Gasteiger partial charge in [0.1, 0.15) is 5.75 Å². The topological polar surface area (TPSA) is 61.9 Å². The lowest BCUT2D eigenvalue weighted by Crippen LogP contribution is -2.55. The molecule has 0 unspecified atom stereocenters. The van der Waals surface area contributed by atoms with Gasteiger partial charge >= 0.3 is 6.61 Å². The van der Waals surface area contributed by atoms with Crippen LogP contribution in [0.25, 0.3) is 0 Å². The Morgan fingerprint density at radius 3 is 2.33 bits per heavy atom. The summed E-state index contributed by atoms with van der Waals surface area (Å²) >= 11 is 0. The van der Waals surface area contributed by atoms with E-state index in [0.29, 0.717) is 38.6 Å². The molecule has 27 heavy (non-hydrogen) atoms. The molecule has 1 fully saturated rings. The van der Waals surface area contributed by atoms with Crippen LogP contribution in [0.2, 0.25) is 0 Å². The van der Waals surface area contributed by atoms with E-state index >= 15 is 0 Å². The molecule has 1 aliphatic heterocycles. The molecule has 2 amide bonds. The molecule has 1 aliphatic rings. The van der Waals surface area contributed by atoms with Crippen LogP contribution in [-0.4, -0.2) is 67.0 Å². The number of nitrogens with one attached hydrogen (secondary N) is 1. The molecule has 8 heteroatoms. The van der Waals surface area contributed by atoms with Gasteiger partial charge in [-0.2, -0.15) is 8.78 Å². The number of rotatable bonds is 7. The summed E-state index contributed by atoms with van der Waals surface area (Å²) in [6.07, 6.45) is 0. The molecule has 0 spiro atoms. The minimum absolute atomic E-state index is 0.0286. The van der Waals surface area contributed by atoms with Crippen LogP contribution in [0.15, 0.2) is 24.3 Å². The molecular formula is C19H27F2N3O3. The molecule has 1 atom stereocenters. The standard InChI is InChI=1S/C19H27F2N3O3/c1-13(2)12-22-17(25)14(3)23-8-10-24(11-9-23)18(26)15-6-4-5-7-16(15)27-19(20)21/h4-7,13-14,19H,8-12H2,1-3H3,(H,22,25)/t14-/m0/s1. The lowest BCUT2D eigenvalue weighted by molar-refractivity contribution is -0.126. The van der Waals surface area contributed by atoms with Gasteiger partial charge in [-0.15, -0.1) is 0 Å². The van der Waals surface area contributed by atoms with Crippen LogP contribution < -0.4 is 10.1 Å². The zero-order valence-corrected chi connectivity index (χ0v) is 16.0. The van der Waals surface area contributed by atoms with Gasteiger partial charge in [-0.3, -0.25) is 14.5 Å². The molecule has 0 radical (unpaired) electrons. The Balaban J connectivity index is 1.94. The molecule has 1 saturated heterocycles. The average Bonchev–Trinajstić information content (AvgIpc) is 2.65.